The van der Waals surface area contributed by atoms with Gasteiger partial charge in [0, 0.05) is 38.2 Å². The molecule has 188 valence electrons. The van der Waals surface area contributed by atoms with Gasteiger partial charge in [-0.2, -0.15) is 9.78 Å². The van der Waals surface area contributed by atoms with Crippen LogP contribution in [0.3, 0.4) is 0 Å². The predicted octanol–water partition coefficient (Wildman–Crippen LogP) is 6.44. The van der Waals surface area contributed by atoms with E-state index in [-0.39, 0.29) is 16.4 Å². The number of benzene rings is 2. The van der Waals surface area contributed by atoms with E-state index >= 15 is 0 Å². The monoisotopic (exact) mass is 500 g/mol. The Morgan fingerprint density at radius 3 is 2.17 bits per heavy atom. The zero-order valence-electron chi connectivity index (χ0n) is 20.6. The van der Waals surface area contributed by atoms with Gasteiger partial charge in [-0.15, -0.1) is 0 Å². The van der Waals surface area contributed by atoms with Crippen LogP contribution >= 0.6 is 11.6 Å². The molecule has 1 atom stereocenters. The van der Waals surface area contributed by atoms with Gasteiger partial charge in [-0.05, 0) is 73.7 Å². The Bertz CT molecular complexity index is 1100. The lowest BCUT2D eigenvalue weighted by molar-refractivity contribution is 0.0968. The molecule has 35 heavy (non-hydrogen) atoms. The zero-order chi connectivity index (χ0) is 25.2. The van der Waals surface area contributed by atoms with Gasteiger partial charge < -0.3 is 15.0 Å². The largest absolute Gasteiger partial charge is 0.385 e. The van der Waals surface area contributed by atoms with Crippen LogP contribution in [0.5, 0.6) is 0 Å². The molecule has 4 rings (SSSR count). The summed E-state index contributed by atoms with van der Waals surface area (Å²) in [7, 11) is 1.68. The lowest BCUT2D eigenvalue weighted by Crippen LogP contribution is -2.24. The van der Waals surface area contributed by atoms with Gasteiger partial charge in [-0.1, -0.05) is 31.9 Å². The van der Waals surface area contributed by atoms with Crippen molar-refractivity contribution < 1.29 is 9.13 Å². The summed E-state index contributed by atoms with van der Waals surface area (Å²) in [6.45, 7) is 7.12. The highest BCUT2D eigenvalue weighted by molar-refractivity contribution is 6.32. The standard InChI is InChI=1S/C22H24ClFN4O.C5H10O/c1-4-15(2)14-27(17-7-5-16(24)6-8-17)18-9-11-19(12-10-18)28-22(29)21(23)20(25-3)13-26-28;1-2-4-6-5-3-1/h5-13,15,25H,4,14H2,1-3H3;1-5H2. The van der Waals surface area contributed by atoms with E-state index in [0.717, 1.165) is 37.6 Å². The number of aromatic nitrogens is 2. The van der Waals surface area contributed by atoms with Crippen molar-refractivity contribution in [2.75, 3.05) is 37.0 Å². The fraction of sp³-hybridized carbons (Fsp3) is 0.407. The summed E-state index contributed by atoms with van der Waals surface area (Å²) in [5, 5.41) is 7.12. The fourth-order valence-corrected chi connectivity index (χ4v) is 3.90. The molecule has 3 aromatic rings. The number of halogens is 2. The highest BCUT2D eigenvalue weighted by atomic mass is 35.5. The quantitative estimate of drug-likeness (QED) is 0.404. The van der Waals surface area contributed by atoms with E-state index < -0.39 is 0 Å². The second-order valence-corrected chi connectivity index (χ2v) is 9.01. The average molecular weight is 501 g/mol. The van der Waals surface area contributed by atoms with Gasteiger partial charge in [-0.3, -0.25) is 4.79 Å². The van der Waals surface area contributed by atoms with Gasteiger partial charge in [0.1, 0.15) is 10.8 Å². The smallest absolute Gasteiger partial charge is 0.292 e. The number of nitrogens with one attached hydrogen (secondary N) is 1. The van der Waals surface area contributed by atoms with Crippen molar-refractivity contribution in [3.05, 3.63) is 75.9 Å². The zero-order valence-corrected chi connectivity index (χ0v) is 21.4. The van der Waals surface area contributed by atoms with Gasteiger partial charge in [0.25, 0.3) is 5.56 Å². The minimum Gasteiger partial charge on any atom is -0.385 e. The molecule has 0 bridgehead atoms. The summed E-state index contributed by atoms with van der Waals surface area (Å²) >= 11 is 6.12. The maximum Gasteiger partial charge on any atom is 0.292 e. The molecule has 0 amide bonds. The molecule has 0 saturated carbocycles. The molecule has 1 fully saturated rings. The van der Waals surface area contributed by atoms with E-state index in [4.69, 9.17) is 16.3 Å². The molecule has 1 saturated heterocycles. The van der Waals surface area contributed by atoms with Crippen LogP contribution in [-0.2, 0) is 4.74 Å². The lowest BCUT2D eigenvalue weighted by atomic mass is 10.1. The average Bonchev–Trinajstić information content (AvgIpc) is 2.91. The van der Waals surface area contributed by atoms with Crippen LogP contribution in [0.2, 0.25) is 5.02 Å². The highest BCUT2D eigenvalue weighted by Gasteiger charge is 2.14. The van der Waals surface area contributed by atoms with Crippen LogP contribution in [0, 0.1) is 11.7 Å². The van der Waals surface area contributed by atoms with Gasteiger partial charge in [0.15, 0.2) is 0 Å². The van der Waals surface area contributed by atoms with Crippen molar-refractivity contribution in [2.24, 2.45) is 5.92 Å². The molecule has 8 heteroatoms. The fourth-order valence-electron chi connectivity index (χ4n) is 3.67. The van der Waals surface area contributed by atoms with Crippen LogP contribution in [0.25, 0.3) is 5.69 Å². The number of anilines is 3. The molecule has 2 heterocycles. The Balaban J connectivity index is 0.000000497. The van der Waals surface area contributed by atoms with Crippen LogP contribution in [0.4, 0.5) is 21.5 Å². The maximum absolute atomic E-state index is 13.4. The van der Waals surface area contributed by atoms with Crippen molar-refractivity contribution >= 4 is 28.7 Å². The SMILES string of the molecule is C1CCOCC1.CCC(C)CN(c1ccc(F)cc1)c1ccc(-n2ncc(NC)c(Cl)c2=O)cc1. The topological polar surface area (TPSA) is 59.4 Å². The molecule has 0 spiro atoms. The first kappa shape index (κ1) is 26.7. The second-order valence-electron chi connectivity index (χ2n) is 8.63. The van der Waals surface area contributed by atoms with E-state index in [0.29, 0.717) is 17.3 Å². The van der Waals surface area contributed by atoms with Crippen molar-refractivity contribution in [1.29, 1.82) is 0 Å². The highest BCUT2D eigenvalue weighted by Crippen LogP contribution is 2.28. The van der Waals surface area contributed by atoms with Crippen molar-refractivity contribution in [3.63, 3.8) is 0 Å². The van der Waals surface area contributed by atoms with Crippen LogP contribution in [-0.4, -0.2) is 36.6 Å². The Kier molecular flexibility index (Phi) is 10.1. The molecule has 1 aromatic heterocycles. The molecule has 1 unspecified atom stereocenters. The molecule has 0 radical (unpaired) electrons. The van der Waals surface area contributed by atoms with Crippen LogP contribution in [0.15, 0.2) is 59.5 Å². The Morgan fingerprint density at radius 1 is 1.09 bits per heavy atom. The molecule has 1 aliphatic heterocycles. The molecule has 0 aliphatic carbocycles. The van der Waals surface area contributed by atoms with E-state index in [1.807, 2.05) is 24.3 Å². The normalized spacial score (nSPS) is 14.0. The Morgan fingerprint density at radius 2 is 1.69 bits per heavy atom. The van der Waals surface area contributed by atoms with Gasteiger partial charge in [0.05, 0.1) is 17.6 Å². The second kappa shape index (κ2) is 13.3. The minimum absolute atomic E-state index is 0.0938. The minimum atomic E-state index is -0.388. The Labute approximate surface area is 211 Å². The number of hydrogen-bond donors (Lipinski definition) is 1. The van der Waals surface area contributed by atoms with E-state index in [9.17, 15) is 9.18 Å². The van der Waals surface area contributed by atoms with Crippen LogP contribution in [0.1, 0.15) is 39.5 Å². The summed E-state index contributed by atoms with van der Waals surface area (Å²) in [6.07, 6.45) is 6.48. The van der Waals surface area contributed by atoms with E-state index in [1.54, 1.807) is 19.2 Å². The third-order valence-electron chi connectivity index (χ3n) is 6.00. The van der Waals surface area contributed by atoms with Gasteiger partial charge in [-0.25, -0.2) is 4.39 Å². The number of hydrogen-bond acceptors (Lipinski definition) is 5. The van der Waals surface area contributed by atoms with Crippen LogP contribution < -0.4 is 15.8 Å². The number of ether oxygens (including phenoxy) is 1. The van der Waals surface area contributed by atoms with Gasteiger partial charge in [0.2, 0.25) is 0 Å². The summed E-state index contributed by atoms with van der Waals surface area (Å²) in [5.74, 6) is 0.192. The summed E-state index contributed by atoms with van der Waals surface area (Å²) in [4.78, 5) is 14.6. The molecule has 1 N–H and O–H groups in total. The predicted molar refractivity (Wildman–Crippen MR) is 142 cm³/mol. The molecule has 2 aromatic carbocycles. The number of nitrogens with zero attached hydrogens (tertiary/aromatic N) is 3. The molecule has 1 aliphatic rings. The third-order valence-corrected chi connectivity index (χ3v) is 6.37. The van der Waals surface area contributed by atoms with E-state index in [1.165, 1.54) is 42.3 Å². The van der Waals surface area contributed by atoms with Crippen molar-refractivity contribution in [3.8, 4) is 5.69 Å². The van der Waals surface area contributed by atoms with E-state index in [2.05, 4.69) is 29.2 Å². The molecule has 6 nitrogen and oxygen atoms in total. The lowest BCUT2D eigenvalue weighted by Gasteiger charge is -2.28. The van der Waals surface area contributed by atoms with Crippen molar-refractivity contribution in [1.82, 2.24) is 9.78 Å². The number of rotatable bonds is 7. The third kappa shape index (κ3) is 7.29. The van der Waals surface area contributed by atoms with Crippen molar-refractivity contribution in [2.45, 2.75) is 39.5 Å². The first-order valence-corrected chi connectivity index (χ1v) is 12.5. The van der Waals surface area contributed by atoms with Gasteiger partial charge >= 0.3 is 0 Å². The summed E-state index contributed by atoms with van der Waals surface area (Å²) in [6, 6.07) is 14.0. The molecular formula is C27H34ClFN4O2. The first-order valence-electron chi connectivity index (χ1n) is 12.1. The maximum atomic E-state index is 13.4. The Hall–Kier alpha value is -2.90. The summed E-state index contributed by atoms with van der Waals surface area (Å²) in [5.41, 5.74) is 2.58. The first-order chi connectivity index (χ1) is 16.9. The molecular weight excluding hydrogens is 467 g/mol. The summed E-state index contributed by atoms with van der Waals surface area (Å²) < 4.78 is 19.7.